The first-order valence-electron chi connectivity index (χ1n) is 10.6. The quantitative estimate of drug-likeness (QED) is 0.469. The summed E-state index contributed by atoms with van der Waals surface area (Å²) >= 11 is 0. The van der Waals surface area contributed by atoms with E-state index in [0.29, 0.717) is 36.9 Å². The highest BCUT2D eigenvalue weighted by Crippen LogP contribution is 2.20. The number of aryl methyl sites for hydroxylation is 1. The van der Waals surface area contributed by atoms with E-state index in [0.717, 1.165) is 12.2 Å². The van der Waals surface area contributed by atoms with Gasteiger partial charge in [-0.05, 0) is 56.7 Å². The lowest BCUT2D eigenvalue weighted by molar-refractivity contribution is 0.0948. The molecule has 0 aliphatic heterocycles. The third-order valence-electron chi connectivity index (χ3n) is 4.49. The van der Waals surface area contributed by atoms with Crippen molar-refractivity contribution in [1.29, 1.82) is 0 Å². The van der Waals surface area contributed by atoms with Crippen molar-refractivity contribution in [1.82, 2.24) is 15.1 Å². The average molecular weight is 441 g/mol. The molecule has 0 bridgehead atoms. The van der Waals surface area contributed by atoms with Crippen LogP contribution in [0, 0.1) is 0 Å². The summed E-state index contributed by atoms with van der Waals surface area (Å²) in [6.07, 6.45) is 2.42. The first-order chi connectivity index (χ1) is 15.5. The van der Waals surface area contributed by atoms with Crippen molar-refractivity contribution in [2.45, 2.75) is 40.3 Å². The molecule has 3 rings (SSSR count). The number of aromatic nitrogens is 2. The van der Waals surface area contributed by atoms with Crippen molar-refractivity contribution < 1.29 is 23.5 Å². The lowest BCUT2D eigenvalue weighted by Crippen LogP contribution is -2.26. The predicted molar refractivity (Wildman–Crippen MR) is 119 cm³/mol. The van der Waals surface area contributed by atoms with Crippen molar-refractivity contribution in [2.24, 2.45) is 0 Å². The number of carbonyl (C=O) groups is 2. The molecule has 0 fully saturated rings. The van der Waals surface area contributed by atoms with E-state index in [1.165, 1.54) is 0 Å². The van der Waals surface area contributed by atoms with E-state index < -0.39 is 5.91 Å². The van der Waals surface area contributed by atoms with Gasteiger partial charge in [-0.3, -0.25) is 14.3 Å². The Hall–Kier alpha value is -3.75. The molecule has 0 spiro atoms. The van der Waals surface area contributed by atoms with Crippen LogP contribution in [-0.4, -0.2) is 34.7 Å². The van der Waals surface area contributed by atoms with E-state index in [2.05, 4.69) is 15.7 Å². The van der Waals surface area contributed by atoms with Crippen LogP contribution < -0.4 is 20.1 Å². The predicted octanol–water partition coefficient (Wildman–Crippen LogP) is 3.87. The Labute approximate surface area is 186 Å². The number of hydrogen-bond donors (Lipinski definition) is 2. The summed E-state index contributed by atoms with van der Waals surface area (Å²) in [5.41, 5.74) is 0.494. The van der Waals surface area contributed by atoms with Crippen LogP contribution in [0.4, 0.5) is 5.69 Å². The fraction of sp³-hybridized carbons (Fsp3) is 0.348. The number of furan rings is 1. The molecule has 0 saturated heterocycles. The standard InChI is InChI=1S/C23H28N4O5/c1-4-13-24-23(29)21-19(14-27(5-2)26-21)25-22(28)20-12-11-18(32-20)15-31-17-9-7-16(8-10-17)30-6-3/h7-12,14H,4-6,13,15H2,1-3H3,(H,24,29)(H,25,28). The second-order valence-corrected chi connectivity index (χ2v) is 6.92. The van der Waals surface area contributed by atoms with E-state index in [4.69, 9.17) is 13.9 Å². The zero-order chi connectivity index (χ0) is 22.9. The van der Waals surface area contributed by atoms with Crippen LogP contribution in [-0.2, 0) is 13.2 Å². The van der Waals surface area contributed by atoms with Crippen molar-refractivity contribution in [3.63, 3.8) is 0 Å². The van der Waals surface area contributed by atoms with Gasteiger partial charge in [0.2, 0.25) is 0 Å². The van der Waals surface area contributed by atoms with E-state index in [9.17, 15) is 9.59 Å². The molecule has 1 aromatic carbocycles. The first-order valence-corrected chi connectivity index (χ1v) is 10.6. The van der Waals surface area contributed by atoms with Gasteiger partial charge in [0.05, 0.1) is 12.3 Å². The molecular formula is C23H28N4O5. The fourth-order valence-electron chi connectivity index (χ4n) is 2.88. The molecule has 2 amide bonds. The Kier molecular flexibility index (Phi) is 7.91. The van der Waals surface area contributed by atoms with Gasteiger partial charge in [-0.1, -0.05) is 6.92 Å². The summed E-state index contributed by atoms with van der Waals surface area (Å²) in [6.45, 7) is 7.64. The largest absolute Gasteiger partial charge is 0.494 e. The van der Waals surface area contributed by atoms with Crippen LogP contribution in [0.15, 0.2) is 47.0 Å². The summed E-state index contributed by atoms with van der Waals surface area (Å²) in [6, 6.07) is 10.5. The maximum atomic E-state index is 12.7. The van der Waals surface area contributed by atoms with Gasteiger partial charge in [-0.2, -0.15) is 5.10 Å². The summed E-state index contributed by atoms with van der Waals surface area (Å²) in [7, 11) is 0. The number of ether oxygens (including phenoxy) is 2. The molecule has 2 aromatic heterocycles. The van der Waals surface area contributed by atoms with Crippen molar-refractivity contribution in [2.75, 3.05) is 18.5 Å². The zero-order valence-electron chi connectivity index (χ0n) is 18.5. The molecule has 0 aliphatic carbocycles. The molecule has 0 atom stereocenters. The molecule has 0 radical (unpaired) electrons. The van der Waals surface area contributed by atoms with Gasteiger partial charge in [0.25, 0.3) is 11.8 Å². The van der Waals surface area contributed by atoms with E-state index in [1.54, 1.807) is 35.1 Å². The lowest BCUT2D eigenvalue weighted by Gasteiger charge is -2.06. The Balaban J connectivity index is 1.62. The maximum Gasteiger partial charge on any atom is 0.291 e. The normalized spacial score (nSPS) is 10.6. The third kappa shape index (κ3) is 5.90. The second kappa shape index (κ2) is 11.0. The Morgan fingerprint density at radius 2 is 1.72 bits per heavy atom. The molecule has 2 heterocycles. The molecular weight excluding hydrogens is 412 g/mol. The van der Waals surface area contributed by atoms with Crippen molar-refractivity contribution >= 4 is 17.5 Å². The summed E-state index contributed by atoms with van der Waals surface area (Å²) < 4.78 is 18.3. The minimum absolute atomic E-state index is 0.111. The van der Waals surface area contributed by atoms with Crippen molar-refractivity contribution in [3.8, 4) is 11.5 Å². The average Bonchev–Trinajstić information content (AvgIpc) is 3.44. The van der Waals surface area contributed by atoms with Crippen LogP contribution in [0.2, 0.25) is 0 Å². The summed E-state index contributed by atoms with van der Waals surface area (Å²) in [5.74, 6) is 1.22. The van der Waals surface area contributed by atoms with Crippen LogP contribution in [0.5, 0.6) is 11.5 Å². The van der Waals surface area contributed by atoms with Crippen LogP contribution in [0.3, 0.4) is 0 Å². The Bertz CT molecular complexity index is 1040. The smallest absolute Gasteiger partial charge is 0.291 e. The molecule has 9 heteroatoms. The SMILES string of the molecule is CCCNC(=O)c1nn(CC)cc1NC(=O)c1ccc(COc2ccc(OCC)cc2)o1. The topological polar surface area (TPSA) is 108 Å². The van der Waals surface area contributed by atoms with Crippen LogP contribution in [0.1, 0.15) is 54.0 Å². The zero-order valence-corrected chi connectivity index (χ0v) is 18.5. The van der Waals surface area contributed by atoms with Crippen molar-refractivity contribution in [3.05, 3.63) is 59.8 Å². The van der Waals surface area contributed by atoms with Gasteiger partial charge in [0.1, 0.15) is 23.9 Å². The summed E-state index contributed by atoms with van der Waals surface area (Å²) in [4.78, 5) is 25.0. The molecule has 2 N–H and O–H groups in total. The Morgan fingerprint density at radius 1 is 1.00 bits per heavy atom. The van der Waals surface area contributed by atoms with Gasteiger partial charge in [-0.25, -0.2) is 0 Å². The highest BCUT2D eigenvalue weighted by atomic mass is 16.5. The van der Waals surface area contributed by atoms with Gasteiger partial charge < -0.3 is 24.5 Å². The molecule has 0 unspecified atom stereocenters. The van der Waals surface area contributed by atoms with Crippen LogP contribution in [0.25, 0.3) is 0 Å². The number of carbonyl (C=O) groups excluding carboxylic acids is 2. The van der Waals surface area contributed by atoms with Gasteiger partial charge in [0, 0.05) is 19.3 Å². The second-order valence-electron chi connectivity index (χ2n) is 6.92. The third-order valence-corrected chi connectivity index (χ3v) is 4.49. The number of benzene rings is 1. The number of hydrogen-bond acceptors (Lipinski definition) is 6. The van der Waals surface area contributed by atoms with Gasteiger partial charge in [0.15, 0.2) is 11.5 Å². The number of rotatable bonds is 11. The molecule has 0 aliphatic rings. The van der Waals surface area contributed by atoms with Crippen LogP contribution >= 0.6 is 0 Å². The number of nitrogens with zero attached hydrogens (tertiary/aromatic N) is 2. The maximum absolute atomic E-state index is 12.7. The van der Waals surface area contributed by atoms with E-state index in [-0.39, 0.29) is 24.0 Å². The number of nitrogens with one attached hydrogen (secondary N) is 2. The van der Waals surface area contributed by atoms with E-state index in [1.807, 2.05) is 32.9 Å². The Morgan fingerprint density at radius 3 is 2.38 bits per heavy atom. The summed E-state index contributed by atoms with van der Waals surface area (Å²) in [5, 5.41) is 9.73. The molecule has 32 heavy (non-hydrogen) atoms. The number of amides is 2. The van der Waals surface area contributed by atoms with Gasteiger partial charge in [-0.15, -0.1) is 0 Å². The first kappa shape index (κ1) is 22.9. The minimum atomic E-state index is -0.475. The molecule has 170 valence electrons. The van der Waals surface area contributed by atoms with E-state index >= 15 is 0 Å². The lowest BCUT2D eigenvalue weighted by atomic mass is 10.3. The minimum Gasteiger partial charge on any atom is -0.494 e. The molecule has 9 nitrogen and oxygen atoms in total. The molecule has 3 aromatic rings. The highest BCUT2D eigenvalue weighted by molar-refractivity contribution is 6.07. The van der Waals surface area contributed by atoms with Gasteiger partial charge >= 0.3 is 0 Å². The molecule has 0 saturated carbocycles. The number of anilines is 1. The monoisotopic (exact) mass is 440 g/mol. The fourth-order valence-corrected chi connectivity index (χ4v) is 2.88. The highest BCUT2D eigenvalue weighted by Gasteiger charge is 2.20.